The van der Waals surface area contributed by atoms with E-state index in [2.05, 4.69) is 31.0 Å². The van der Waals surface area contributed by atoms with E-state index in [0.717, 1.165) is 0 Å². The number of hydroxylamine groups is 1. The third-order valence-electron chi connectivity index (χ3n) is 3.58. The molecule has 28 heavy (non-hydrogen) atoms. The number of para-hydroxylation sites is 1. The summed E-state index contributed by atoms with van der Waals surface area (Å²) in [6.45, 7) is 2.05. The summed E-state index contributed by atoms with van der Waals surface area (Å²) in [6, 6.07) is 8.64. The highest BCUT2D eigenvalue weighted by Crippen LogP contribution is 2.36. The van der Waals surface area contributed by atoms with Crippen LogP contribution in [0.15, 0.2) is 42.7 Å². The second-order valence-corrected chi connectivity index (χ2v) is 5.76. The molecule has 2 aromatic heterocycles. The molecule has 0 saturated heterocycles. The zero-order valence-electron chi connectivity index (χ0n) is 15.1. The van der Waals surface area contributed by atoms with E-state index in [1.165, 1.54) is 13.2 Å². The first-order valence-electron chi connectivity index (χ1n) is 8.30. The minimum atomic E-state index is -0.560. The van der Waals surface area contributed by atoms with Crippen molar-refractivity contribution >= 4 is 28.9 Å². The number of nitrogens with one attached hydrogen (secondary N) is 2. The quantitative estimate of drug-likeness (QED) is 0.582. The molecule has 0 radical (unpaired) electrons. The van der Waals surface area contributed by atoms with Crippen LogP contribution in [0.1, 0.15) is 17.4 Å². The molecule has 3 rings (SSSR count). The standard InChI is InChI=1S/C18H17ClN6O3/c1-3-28-25-18(26)15-13(10-14(19)23-24-15)22-12-7-4-6-11(16(12)27-2)17-20-8-5-9-21-17/h4-10H,3H2,1-2H3,(H,22,23)(H,25,26). The van der Waals surface area contributed by atoms with Crippen molar-refractivity contribution in [3.8, 4) is 17.1 Å². The molecule has 144 valence electrons. The molecule has 0 saturated carbocycles. The van der Waals surface area contributed by atoms with E-state index in [0.29, 0.717) is 35.1 Å². The van der Waals surface area contributed by atoms with Gasteiger partial charge in [-0.25, -0.2) is 15.4 Å². The second-order valence-electron chi connectivity index (χ2n) is 5.38. The molecule has 0 aliphatic carbocycles. The van der Waals surface area contributed by atoms with Crippen LogP contribution in [0, 0.1) is 0 Å². The highest BCUT2D eigenvalue weighted by Gasteiger charge is 2.18. The molecule has 3 aromatic rings. The van der Waals surface area contributed by atoms with Gasteiger partial charge in [-0.1, -0.05) is 17.7 Å². The number of benzene rings is 1. The van der Waals surface area contributed by atoms with Gasteiger partial charge in [0.25, 0.3) is 5.91 Å². The topological polar surface area (TPSA) is 111 Å². The molecule has 0 aliphatic rings. The number of ether oxygens (including phenoxy) is 1. The van der Waals surface area contributed by atoms with Gasteiger partial charge in [0.1, 0.15) is 0 Å². The number of hydrogen-bond donors (Lipinski definition) is 2. The predicted molar refractivity (Wildman–Crippen MR) is 103 cm³/mol. The minimum absolute atomic E-state index is 0.0151. The van der Waals surface area contributed by atoms with E-state index in [1.54, 1.807) is 31.5 Å². The smallest absolute Gasteiger partial charge is 0.297 e. The van der Waals surface area contributed by atoms with Gasteiger partial charge in [0.2, 0.25) is 0 Å². The van der Waals surface area contributed by atoms with Gasteiger partial charge < -0.3 is 10.1 Å². The van der Waals surface area contributed by atoms with Crippen LogP contribution in [-0.4, -0.2) is 39.8 Å². The van der Waals surface area contributed by atoms with Crippen molar-refractivity contribution < 1.29 is 14.4 Å². The van der Waals surface area contributed by atoms with Crippen LogP contribution in [-0.2, 0) is 4.84 Å². The second kappa shape index (κ2) is 9.07. The highest BCUT2D eigenvalue weighted by molar-refractivity contribution is 6.29. The third kappa shape index (κ3) is 4.33. The Morgan fingerprint density at radius 2 is 1.93 bits per heavy atom. The zero-order chi connectivity index (χ0) is 19.9. The molecule has 2 heterocycles. The Bertz CT molecular complexity index is 971. The van der Waals surface area contributed by atoms with Crippen molar-refractivity contribution in [2.75, 3.05) is 19.0 Å². The summed E-state index contributed by atoms with van der Waals surface area (Å²) in [7, 11) is 1.54. The normalized spacial score (nSPS) is 10.4. The first-order chi connectivity index (χ1) is 13.6. The number of methoxy groups -OCH3 is 1. The van der Waals surface area contributed by atoms with Crippen LogP contribution in [0.25, 0.3) is 11.4 Å². The van der Waals surface area contributed by atoms with E-state index in [4.69, 9.17) is 21.2 Å². The van der Waals surface area contributed by atoms with E-state index in [1.807, 2.05) is 12.1 Å². The number of amides is 1. The monoisotopic (exact) mass is 400 g/mol. The maximum absolute atomic E-state index is 12.3. The average molecular weight is 401 g/mol. The fraction of sp³-hybridized carbons (Fsp3) is 0.167. The lowest BCUT2D eigenvalue weighted by atomic mass is 10.1. The predicted octanol–water partition coefficient (Wildman–Crippen LogP) is 3.02. The number of anilines is 2. The van der Waals surface area contributed by atoms with Gasteiger partial charge in [-0.05, 0) is 25.1 Å². The van der Waals surface area contributed by atoms with E-state index >= 15 is 0 Å². The Labute approximate surface area is 166 Å². The summed E-state index contributed by atoms with van der Waals surface area (Å²) >= 11 is 5.97. The van der Waals surface area contributed by atoms with Crippen molar-refractivity contribution in [2.45, 2.75) is 6.92 Å². The van der Waals surface area contributed by atoms with E-state index in [-0.39, 0.29) is 10.8 Å². The lowest BCUT2D eigenvalue weighted by Crippen LogP contribution is -2.25. The van der Waals surface area contributed by atoms with Crippen molar-refractivity contribution in [2.24, 2.45) is 0 Å². The van der Waals surface area contributed by atoms with Gasteiger partial charge in [0.15, 0.2) is 22.4 Å². The molecule has 1 aromatic carbocycles. The van der Waals surface area contributed by atoms with Gasteiger partial charge >= 0.3 is 0 Å². The first-order valence-corrected chi connectivity index (χ1v) is 8.68. The molecular weight excluding hydrogens is 384 g/mol. The van der Waals surface area contributed by atoms with Crippen LogP contribution in [0.3, 0.4) is 0 Å². The molecule has 9 nitrogen and oxygen atoms in total. The van der Waals surface area contributed by atoms with E-state index in [9.17, 15) is 4.79 Å². The van der Waals surface area contributed by atoms with Crippen molar-refractivity contribution in [1.29, 1.82) is 0 Å². The lowest BCUT2D eigenvalue weighted by Gasteiger charge is -2.16. The Hall–Kier alpha value is -3.30. The summed E-state index contributed by atoms with van der Waals surface area (Å²) in [4.78, 5) is 25.7. The molecule has 0 fully saturated rings. The molecule has 0 atom stereocenters. The number of nitrogens with zero attached hydrogens (tertiary/aromatic N) is 4. The van der Waals surface area contributed by atoms with Gasteiger partial charge in [-0.3, -0.25) is 9.63 Å². The molecule has 0 aliphatic heterocycles. The molecule has 0 spiro atoms. The van der Waals surface area contributed by atoms with E-state index < -0.39 is 5.91 Å². The number of rotatable bonds is 7. The molecule has 1 amide bonds. The summed E-state index contributed by atoms with van der Waals surface area (Å²) in [5.41, 5.74) is 3.89. The van der Waals surface area contributed by atoms with Crippen LogP contribution in [0.5, 0.6) is 5.75 Å². The average Bonchev–Trinajstić information content (AvgIpc) is 2.72. The van der Waals surface area contributed by atoms with Gasteiger partial charge in [-0.2, -0.15) is 0 Å². The third-order valence-corrected chi connectivity index (χ3v) is 3.77. The molecule has 0 unspecified atom stereocenters. The summed E-state index contributed by atoms with van der Waals surface area (Å²) in [6.07, 6.45) is 3.29. The largest absolute Gasteiger partial charge is 0.494 e. The number of carbonyl (C=O) groups excluding carboxylic acids is 1. The minimum Gasteiger partial charge on any atom is -0.494 e. The molecule has 2 N–H and O–H groups in total. The summed E-state index contributed by atoms with van der Waals surface area (Å²) in [5.74, 6) is 0.441. The Kier molecular flexibility index (Phi) is 6.30. The van der Waals surface area contributed by atoms with Crippen molar-refractivity contribution in [3.63, 3.8) is 0 Å². The van der Waals surface area contributed by atoms with Gasteiger partial charge in [0, 0.05) is 18.5 Å². The summed E-state index contributed by atoms with van der Waals surface area (Å²) < 4.78 is 5.56. The number of halogens is 1. The Balaban J connectivity index is 2.00. The fourth-order valence-corrected chi connectivity index (χ4v) is 2.58. The van der Waals surface area contributed by atoms with Crippen molar-refractivity contribution in [1.82, 2.24) is 25.6 Å². The fourth-order valence-electron chi connectivity index (χ4n) is 2.43. The number of carbonyl (C=O) groups is 1. The lowest BCUT2D eigenvalue weighted by molar-refractivity contribution is 0.0360. The molecule has 10 heteroatoms. The summed E-state index contributed by atoms with van der Waals surface area (Å²) in [5, 5.41) is 10.8. The van der Waals surface area contributed by atoms with Crippen LogP contribution < -0.4 is 15.5 Å². The Morgan fingerprint density at radius 1 is 1.14 bits per heavy atom. The van der Waals surface area contributed by atoms with Gasteiger partial charge in [0.05, 0.1) is 30.7 Å². The number of aromatic nitrogens is 4. The maximum Gasteiger partial charge on any atom is 0.297 e. The number of hydrogen-bond acceptors (Lipinski definition) is 8. The molecule has 0 bridgehead atoms. The van der Waals surface area contributed by atoms with Crippen molar-refractivity contribution in [3.05, 3.63) is 53.6 Å². The van der Waals surface area contributed by atoms with Crippen LogP contribution in [0.2, 0.25) is 5.15 Å². The molecular formula is C18H17ClN6O3. The highest BCUT2D eigenvalue weighted by atomic mass is 35.5. The van der Waals surface area contributed by atoms with Crippen LogP contribution >= 0.6 is 11.6 Å². The first kappa shape index (κ1) is 19.5. The Morgan fingerprint density at radius 3 is 2.64 bits per heavy atom. The SMILES string of the molecule is CCONC(=O)c1nnc(Cl)cc1Nc1cccc(-c2ncccn2)c1OC. The van der Waals surface area contributed by atoms with Crippen LogP contribution in [0.4, 0.5) is 11.4 Å². The maximum atomic E-state index is 12.3. The zero-order valence-corrected chi connectivity index (χ0v) is 15.9. The van der Waals surface area contributed by atoms with Gasteiger partial charge in [-0.15, -0.1) is 10.2 Å².